The molecule has 4 atom stereocenters. The molecule has 2 fully saturated rings. The number of allylic oxidation sites excluding steroid dienone is 2. The molecule has 0 unspecified atom stereocenters. The fourth-order valence-electron chi connectivity index (χ4n) is 7.48. The summed E-state index contributed by atoms with van der Waals surface area (Å²) < 4.78 is 0. The molecule has 0 aromatic carbocycles. The van der Waals surface area contributed by atoms with Crippen molar-refractivity contribution in [2.75, 3.05) is 0 Å². The molecule has 0 spiro atoms. The number of rotatable bonds is 18. The van der Waals surface area contributed by atoms with E-state index >= 15 is 0 Å². The molecular formula is C30H54O2. The molecule has 2 rings (SSSR count). The third-order valence-corrected chi connectivity index (χ3v) is 9.84. The lowest BCUT2D eigenvalue weighted by Crippen LogP contribution is -2.61. The van der Waals surface area contributed by atoms with E-state index in [1.165, 1.54) is 64.2 Å². The average molecular weight is 447 g/mol. The van der Waals surface area contributed by atoms with E-state index in [1.54, 1.807) is 0 Å². The topological polar surface area (TPSA) is 40.5 Å². The van der Waals surface area contributed by atoms with Gasteiger partial charge in [0.2, 0.25) is 0 Å². The summed E-state index contributed by atoms with van der Waals surface area (Å²) in [6.07, 6.45) is 24.4. The van der Waals surface area contributed by atoms with Gasteiger partial charge in [0.1, 0.15) is 0 Å². The maximum Gasteiger partial charge on any atom is 0.0994 e. The Morgan fingerprint density at radius 3 is 1.62 bits per heavy atom. The van der Waals surface area contributed by atoms with Crippen molar-refractivity contribution in [3.8, 4) is 0 Å². The van der Waals surface area contributed by atoms with Crippen LogP contribution in [0.1, 0.15) is 136 Å². The van der Waals surface area contributed by atoms with Crippen molar-refractivity contribution < 1.29 is 10.2 Å². The van der Waals surface area contributed by atoms with Crippen molar-refractivity contribution in [3.63, 3.8) is 0 Å². The van der Waals surface area contributed by atoms with Crippen molar-refractivity contribution in [1.29, 1.82) is 0 Å². The van der Waals surface area contributed by atoms with E-state index in [0.717, 1.165) is 51.4 Å². The summed E-state index contributed by atoms with van der Waals surface area (Å²) in [5.41, 5.74) is -2.06. The van der Waals surface area contributed by atoms with Crippen LogP contribution < -0.4 is 0 Å². The Hall–Kier alpha value is -0.600. The van der Waals surface area contributed by atoms with Crippen molar-refractivity contribution >= 4 is 0 Å². The quantitative estimate of drug-likeness (QED) is 0.164. The average Bonchev–Trinajstić information content (AvgIpc) is 3.05. The number of hydrogen-bond acceptors (Lipinski definition) is 2. The van der Waals surface area contributed by atoms with Crippen LogP contribution in [0.25, 0.3) is 0 Å². The molecule has 2 heteroatoms. The zero-order valence-corrected chi connectivity index (χ0v) is 21.8. The molecule has 186 valence electrons. The van der Waals surface area contributed by atoms with Crippen molar-refractivity contribution in [3.05, 3.63) is 25.3 Å². The summed E-state index contributed by atoms with van der Waals surface area (Å²) in [6.45, 7) is 14.5. The highest BCUT2D eigenvalue weighted by Crippen LogP contribution is 2.75. The van der Waals surface area contributed by atoms with Crippen LogP contribution >= 0.6 is 0 Å². The minimum Gasteiger partial charge on any atom is -0.387 e. The smallest absolute Gasteiger partial charge is 0.0994 e. The molecule has 2 N–H and O–H groups in total. The minimum atomic E-state index is -0.945. The Morgan fingerprint density at radius 2 is 1.12 bits per heavy atom. The van der Waals surface area contributed by atoms with Gasteiger partial charge in [0.15, 0.2) is 0 Å². The first-order chi connectivity index (χ1) is 15.2. The van der Waals surface area contributed by atoms with E-state index < -0.39 is 11.2 Å². The fraction of sp³-hybridized carbons (Fsp3) is 0.867. The predicted octanol–water partition coefficient (Wildman–Crippen LogP) is 8.52. The Balaban J connectivity index is 1.90. The van der Waals surface area contributed by atoms with Gasteiger partial charge in [-0.25, -0.2) is 0 Å². The molecule has 2 aliphatic carbocycles. The summed E-state index contributed by atoms with van der Waals surface area (Å²) in [6, 6.07) is 0. The molecular weight excluding hydrogens is 392 g/mol. The van der Waals surface area contributed by atoms with E-state index in [1.807, 2.05) is 12.2 Å². The van der Waals surface area contributed by atoms with Crippen molar-refractivity contribution in [1.82, 2.24) is 0 Å². The fourth-order valence-corrected chi connectivity index (χ4v) is 7.48. The molecule has 0 heterocycles. The lowest BCUT2D eigenvalue weighted by Gasteiger charge is -2.52. The monoisotopic (exact) mass is 446 g/mol. The highest BCUT2D eigenvalue weighted by atomic mass is 16.4. The summed E-state index contributed by atoms with van der Waals surface area (Å²) in [5, 5.41) is 24.3. The van der Waals surface area contributed by atoms with E-state index in [-0.39, 0.29) is 16.7 Å². The second kappa shape index (κ2) is 12.2. The highest BCUT2D eigenvalue weighted by Gasteiger charge is 2.78. The van der Waals surface area contributed by atoms with Gasteiger partial charge < -0.3 is 10.2 Å². The number of unbranched alkanes of at least 4 members (excludes halogenated alkanes) is 12. The van der Waals surface area contributed by atoms with Crippen LogP contribution in [0.3, 0.4) is 0 Å². The first-order valence-corrected chi connectivity index (χ1v) is 13.9. The molecule has 0 saturated heterocycles. The summed E-state index contributed by atoms with van der Waals surface area (Å²) in [4.78, 5) is 0. The minimum absolute atomic E-state index is 0.00806. The number of fused-ring (bicyclic) bond motifs is 2. The van der Waals surface area contributed by atoms with Crippen LogP contribution in [0.5, 0.6) is 0 Å². The SMILES string of the molecule is C=CCCCCCCCC[C@@]1(O)[C@@]2(C)CC[C@@H](C2(C)C)[C@@]1(O)CCCCCCCCC=C. The molecule has 2 bridgehead atoms. The molecule has 2 saturated carbocycles. The number of hydrogen-bond donors (Lipinski definition) is 2. The molecule has 0 aromatic rings. The molecule has 0 radical (unpaired) electrons. The largest absolute Gasteiger partial charge is 0.387 e. The van der Waals surface area contributed by atoms with Gasteiger partial charge in [0.05, 0.1) is 11.2 Å². The Kier molecular flexibility index (Phi) is 10.5. The van der Waals surface area contributed by atoms with Crippen LogP contribution in [0.2, 0.25) is 0 Å². The highest BCUT2D eigenvalue weighted by molar-refractivity contribution is 5.28. The lowest BCUT2D eigenvalue weighted by atomic mass is 9.59. The lowest BCUT2D eigenvalue weighted by molar-refractivity contribution is -0.214. The first kappa shape index (κ1) is 27.6. The molecule has 0 amide bonds. The van der Waals surface area contributed by atoms with Crippen molar-refractivity contribution in [2.24, 2.45) is 16.7 Å². The zero-order chi connectivity index (χ0) is 23.7. The van der Waals surface area contributed by atoms with Gasteiger partial charge in [0, 0.05) is 5.41 Å². The van der Waals surface area contributed by atoms with Crippen LogP contribution in [0.15, 0.2) is 25.3 Å². The van der Waals surface area contributed by atoms with Gasteiger partial charge in [-0.1, -0.05) is 97.1 Å². The van der Waals surface area contributed by atoms with Gasteiger partial charge in [-0.2, -0.15) is 0 Å². The van der Waals surface area contributed by atoms with Gasteiger partial charge in [0.25, 0.3) is 0 Å². The third-order valence-electron chi connectivity index (χ3n) is 9.84. The Bertz CT molecular complexity index is 581. The predicted molar refractivity (Wildman–Crippen MR) is 139 cm³/mol. The van der Waals surface area contributed by atoms with E-state index in [4.69, 9.17) is 0 Å². The third kappa shape index (κ3) is 5.38. The molecule has 2 nitrogen and oxygen atoms in total. The second-order valence-corrected chi connectivity index (χ2v) is 11.8. The Morgan fingerprint density at radius 1 is 0.688 bits per heavy atom. The van der Waals surface area contributed by atoms with E-state index in [0.29, 0.717) is 0 Å². The number of aliphatic hydroxyl groups is 2. The molecule has 0 aliphatic heterocycles. The van der Waals surface area contributed by atoms with E-state index in [9.17, 15) is 10.2 Å². The van der Waals surface area contributed by atoms with Gasteiger partial charge >= 0.3 is 0 Å². The summed E-state index contributed by atoms with van der Waals surface area (Å²) in [7, 11) is 0. The summed E-state index contributed by atoms with van der Waals surface area (Å²) >= 11 is 0. The standard InChI is InChI=1S/C30H54O2/c1-6-8-10-12-14-16-18-20-23-29(31)26-22-25-28(5,27(26,3)4)30(29,32)24-21-19-17-15-13-11-9-7-2/h6-7,26,31-32H,1-2,8-25H2,3-5H3/t26-,28-,29-,30+/m0/s1. The van der Waals surface area contributed by atoms with Gasteiger partial charge in [-0.15, -0.1) is 13.2 Å². The second-order valence-electron chi connectivity index (χ2n) is 11.8. The molecule has 2 aliphatic rings. The molecule has 0 aromatic heterocycles. The van der Waals surface area contributed by atoms with Gasteiger partial charge in [-0.05, 0) is 62.7 Å². The maximum absolute atomic E-state index is 12.2. The van der Waals surface area contributed by atoms with E-state index in [2.05, 4.69) is 33.9 Å². The van der Waals surface area contributed by atoms with Crippen LogP contribution in [0, 0.1) is 16.7 Å². The first-order valence-electron chi connectivity index (χ1n) is 13.9. The van der Waals surface area contributed by atoms with Crippen LogP contribution in [-0.4, -0.2) is 21.4 Å². The molecule has 32 heavy (non-hydrogen) atoms. The summed E-state index contributed by atoms with van der Waals surface area (Å²) in [5.74, 6) is 0.219. The maximum atomic E-state index is 12.2. The Labute approximate surface area is 200 Å². The van der Waals surface area contributed by atoms with Crippen LogP contribution in [-0.2, 0) is 0 Å². The van der Waals surface area contributed by atoms with Crippen LogP contribution in [0.4, 0.5) is 0 Å². The zero-order valence-electron chi connectivity index (χ0n) is 21.8. The van der Waals surface area contributed by atoms with Crippen molar-refractivity contribution in [2.45, 2.75) is 148 Å². The van der Waals surface area contributed by atoms with Gasteiger partial charge in [-0.3, -0.25) is 0 Å². The normalized spacial score (nSPS) is 33.0.